The fourth-order valence-corrected chi connectivity index (χ4v) is 2.63. The molecule has 0 spiro atoms. The van der Waals surface area contributed by atoms with E-state index in [1.54, 1.807) is 19.3 Å². The number of hydrogen-bond donors (Lipinski definition) is 1. The molecule has 0 aliphatic heterocycles. The van der Waals surface area contributed by atoms with Gasteiger partial charge in [-0.2, -0.15) is 0 Å². The van der Waals surface area contributed by atoms with Gasteiger partial charge in [-0.3, -0.25) is 9.78 Å². The zero-order valence-corrected chi connectivity index (χ0v) is 13.1. The van der Waals surface area contributed by atoms with Crippen LogP contribution in [0.4, 0.5) is 0 Å². The van der Waals surface area contributed by atoms with Crippen molar-refractivity contribution in [1.29, 1.82) is 0 Å². The third-order valence-corrected chi connectivity index (χ3v) is 3.76. The molecule has 22 heavy (non-hydrogen) atoms. The summed E-state index contributed by atoms with van der Waals surface area (Å²) in [5, 5.41) is 18.0. The smallest absolute Gasteiger partial charge is 0.316 e. The van der Waals surface area contributed by atoms with E-state index in [0.717, 1.165) is 5.56 Å². The van der Waals surface area contributed by atoms with Crippen molar-refractivity contribution in [3.8, 4) is 11.4 Å². The van der Waals surface area contributed by atoms with Crippen molar-refractivity contribution in [2.24, 2.45) is 0 Å². The van der Waals surface area contributed by atoms with Crippen molar-refractivity contribution in [2.45, 2.75) is 25.0 Å². The molecular formula is C14H18N4O3S. The summed E-state index contributed by atoms with van der Waals surface area (Å²) in [6.45, 7) is 2.79. The Kier molecular flexibility index (Phi) is 6.35. The molecular weight excluding hydrogens is 304 g/mol. The van der Waals surface area contributed by atoms with Gasteiger partial charge < -0.3 is 14.4 Å². The van der Waals surface area contributed by atoms with Crippen molar-refractivity contribution >= 4 is 17.7 Å². The third kappa shape index (κ3) is 4.28. The van der Waals surface area contributed by atoms with E-state index in [1.807, 2.05) is 16.7 Å². The number of carbonyl (C=O) groups excluding carboxylic acids is 1. The van der Waals surface area contributed by atoms with Crippen LogP contribution in [0.15, 0.2) is 29.7 Å². The van der Waals surface area contributed by atoms with Crippen LogP contribution >= 0.6 is 11.8 Å². The van der Waals surface area contributed by atoms with Crippen LogP contribution in [0, 0.1) is 0 Å². The summed E-state index contributed by atoms with van der Waals surface area (Å²) in [5.74, 6) is 0.596. The number of aliphatic hydroxyl groups excluding tert-OH is 1. The Labute approximate surface area is 132 Å². The number of aromatic nitrogens is 4. The molecule has 2 aromatic rings. The number of aliphatic hydroxyl groups is 1. The summed E-state index contributed by atoms with van der Waals surface area (Å²) in [7, 11) is 0. The number of thioether (sulfide) groups is 1. The first-order chi connectivity index (χ1) is 10.8. The number of pyridine rings is 1. The summed E-state index contributed by atoms with van der Waals surface area (Å²) in [6, 6.07) is 3.69. The van der Waals surface area contributed by atoms with Gasteiger partial charge in [-0.1, -0.05) is 11.8 Å². The predicted octanol–water partition coefficient (Wildman–Crippen LogP) is 1.38. The number of esters is 1. The van der Waals surface area contributed by atoms with Crippen molar-refractivity contribution in [2.75, 3.05) is 19.0 Å². The van der Waals surface area contributed by atoms with E-state index in [2.05, 4.69) is 15.2 Å². The molecule has 118 valence electrons. The largest absolute Gasteiger partial charge is 0.465 e. The first-order valence-corrected chi connectivity index (χ1v) is 7.97. The van der Waals surface area contributed by atoms with Crippen molar-refractivity contribution in [1.82, 2.24) is 19.7 Å². The van der Waals surface area contributed by atoms with Gasteiger partial charge in [-0.15, -0.1) is 10.2 Å². The maximum Gasteiger partial charge on any atom is 0.316 e. The Morgan fingerprint density at radius 2 is 2.14 bits per heavy atom. The van der Waals surface area contributed by atoms with Crippen molar-refractivity contribution in [3.63, 3.8) is 0 Å². The normalized spacial score (nSPS) is 10.6. The lowest BCUT2D eigenvalue weighted by Gasteiger charge is -2.09. The summed E-state index contributed by atoms with van der Waals surface area (Å²) in [5.41, 5.74) is 0.892. The average molecular weight is 322 g/mol. The van der Waals surface area contributed by atoms with Crippen LogP contribution in [-0.4, -0.2) is 49.8 Å². The Bertz CT molecular complexity index is 603. The highest BCUT2D eigenvalue weighted by Crippen LogP contribution is 2.24. The standard InChI is InChI=1S/C14H18N4O3S/c1-2-21-12(20)10-22-14-17-16-13(18(14)8-3-9-19)11-4-6-15-7-5-11/h4-7,19H,2-3,8-10H2,1H3. The average Bonchev–Trinajstić information content (AvgIpc) is 2.95. The van der Waals surface area contributed by atoms with Crippen LogP contribution in [0.1, 0.15) is 13.3 Å². The number of ether oxygens (including phenoxy) is 1. The van der Waals surface area contributed by atoms with E-state index in [0.29, 0.717) is 30.6 Å². The number of nitrogens with zero attached hydrogens (tertiary/aromatic N) is 4. The molecule has 0 fully saturated rings. The second-order valence-electron chi connectivity index (χ2n) is 4.36. The molecule has 0 amide bonds. The molecule has 8 heteroatoms. The summed E-state index contributed by atoms with van der Waals surface area (Å²) >= 11 is 1.28. The van der Waals surface area contributed by atoms with Crippen LogP contribution in [0.3, 0.4) is 0 Å². The quantitative estimate of drug-likeness (QED) is 0.580. The van der Waals surface area contributed by atoms with E-state index in [-0.39, 0.29) is 18.3 Å². The Morgan fingerprint density at radius 1 is 1.36 bits per heavy atom. The number of carbonyl (C=O) groups is 1. The van der Waals surface area contributed by atoms with Crippen LogP contribution in [-0.2, 0) is 16.1 Å². The third-order valence-electron chi connectivity index (χ3n) is 2.82. The van der Waals surface area contributed by atoms with Crippen LogP contribution in [0.25, 0.3) is 11.4 Å². The minimum Gasteiger partial charge on any atom is -0.465 e. The molecule has 7 nitrogen and oxygen atoms in total. The van der Waals surface area contributed by atoms with E-state index in [1.165, 1.54) is 11.8 Å². The maximum absolute atomic E-state index is 11.5. The monoisotopic (exact) mass is 322 g/mol. The lowest BCUT2D eigenvalue weighted by molar-refractivity contribution is -0.139. The zero-order valence-electron chi connectivity index (χ0n) is 12.3. The van der Waals surface area contributed by atoms with E-state index < -0.39 is 0 Å². The van der Waals surface area contributed by atoms with Gasteiger partial charge in [0.15, 0.2) is 11.0 Å². The fourth-order valence-electron chi connectivity index (χ4n) is 1.87. The van der Waals surface area contributed by atoms with Gasteiger partial charge >= 0.3 is 5.97 Å². The number of hydrogen-bond acceptors (Lipinski definition) is 7. The molecule has 0 unspecified atom stereocenters. The van der Waals surface area contributed by atoms with Crippen LogP contribution in [0.2, 0.25) is 0 Å². The minimum absolute atomic E-state index is 0.0793. The molecule has 0 atom stereocenters. The van der Waals surface area contributed by atoms with E-state index in [9.17, 15) is 4.79 Å². The van der Waals surface area contributed by atoms with Gasteiger partial charge in [-0.05, 0) is 25.5 Å². The molecule has 0 aliphatic carbocycles. The number of rotatable bonds is 8. The minimum atomic E-state index is -0.283. The summed E-state index contributed by atoms with van der Waals surface area (Å²) < 4.78 is 6.81. The predicted molar refractivity (Wildman–Crippen MR) is 82.3 cm³/mol. The summed E-state index contributed by atoms with van der Waals surface area (Å²) in [4.78, 5) is 15.5. The fraction of sp³-hybridized carbons (Fsp3) is 0.429. The Balaban J connectivity index is 2.19. The van der Waals surface area contributed by atoms with E-state index in [4.69, 9.17) is 9.84 Å². The van der Waals surface area contributed by atoms with Crippen LogP contribution < -0.4 is 0 Å². The van der Waals surface area contributed by atoms with E-state index >= 15 is 0 Å². The topological polar surface area (TPSA) is 90.1 Å². The van der Waals surface area contributed by atoms with Gasteiger partial charge in [-0.25, -0.2) is 0 Å². The second-order valence-corrected chi connectivity index (χ2v) is 5.31. The SMILES string of the molecule is CCOC(=O)CSc1nnc(-c2ccncc2)n1CCCO. The molecule has 0 radical (unpaired) electrons. The Morgan fingerprint density at radius 3 is 2.82 bits per heavy atom. The lowest BCUT2D eigenvalue weighted by atomic mass is 10.2. The highest BCUT2D eigenvalue weighted by molar-refractivity contribution is 7.99. The molecule has 0 aromatic carbocycles. The lowest BCUT2D eigenvalue weighted by Crippen LogP contribution is -2.09. The molecule has 2 aromatic heterocycles. The van der Waals surface area contributed by atoms with Gasteiger partial charge in [0.25, 0.3) is 0 Å². The molecule has 0 saturated heterocycles. The van der Waals surface area contributed by atoms with Gasteiger partial charge in [0.2, 0.25) is 0 Å². The molecule has 0 saturated carbocycles. The zero-order chi connectivity index (χ0) is 15.8. The van der Waals surface area contributed by atoms with Crippen LogP contribution in [0.5, 0.6) is 0 Å². The van der Waals surface area contributed by atoms with Gasteiger partial charge in [0.1, 0.15) is 0 Å². The first kappa shape index (κ1) is 16.4. The molecule has 2 heterocycles. The molecule has 0 bridgehead atoms. The van der Waals surface area contributed by atoms with Crippen molar-refractivity contribution in [3.05, 3.63) is 24.5 Å². The maximum atomic E-state index is 11.5. The van der Waals surface area contributed by atoms with Crippen molar-refractivity contribution < 1.29 is 14.6 Å². The Hall–Kier alpha value is -1.93. The highest BCUT2D eigenvalue weighted by atomic mass is 32.2. The molecule has 1 N–H and O–H groups in total. The summed E-state index contributed by atoms with van der Waals surface area (Å²) in [6.07, 6.45) is 3.96. The second kappa shape index (κ2) is 8.50. The first-order valence-electron chi connectivity index (χ1n) is 6.99. The molecule has 2 rings (SSSR count). The molecule has 0 aliphatic rings. The highest BCUT2D eigenvalue weighted by Gasteiger charge is 2.15. The van der Waals surface area contributed by atoms with Gasteiger partial charge in [0, 0.05) is 31.1 Å². The van der Waals surface area contributed by atoms with Gasteiger partial charge in [0.05, 0.1) is 12.4 Å².